The highest BCUT2D eigenvalue weighted by atomic mass is 16.5. The summed E-state index contributed by atoms with van der Waals surface area (Å²) in [6.45, 7) is 3.94. The third-order valence-corrected chi connectivity index (χ3v) is 5.01. The van der Waals surface area contributed by atoms with Crippen molar-refractivity contribution in [3.8, 4) is 11.5 Å². The Labute approximate surface area is 157 Å². The number of nitrogens with one attached hydrogen (secondary N) is 2. The molecule has 1 fully saturated rings. The van der Waals surface area contributed by atoms with Gasteiger partial charge in [-0.25, -0.2) is 4.98 Å². The Morgan fingerprint density at radius 2 is 2.15 bits per heavy atom. The molecule has 0 radical (unpaired) electrons. The monoisotopic (exact) mass is 369 g/mol. The zero-order valence-corrected chi connectivity index (χ0v) is 15.7. The fraction of sp³-hybridized carbons (Fsp3) is 0.450. The molecule has 4 rings (SSSR count). The molecule has 2 aliphatic rings. The molecular formula is C20H23N3O4. The van der Waals surface area contributed by atoms with E-state index in [9.17, 15) is 9.59 Å². The average Bonchev–Trinajstić information content (AvgIpc) is 3.45. The van der Waals surface area contributed by atoms with Crippen LogP contribution in [-0.2, 0) is 0 Å². The van der Waals surface area contributed by atoms with Crippen LogP contribution in [0.2, 0.25) is 0 Å². The fourth-order valence-electron chi connectivity index (χ4n) is 3.46. The molecule has 1 aromatic heterocycles. The van der Waals surface area contributed by atoms with Crippen LogP contribution in [0.25, 0.3) is 0 Å². The number of hydrogen-bond donors (Lipinski definition) is 2. The molecule has 2 N–H and O–H groups in total. The molecule has 142 valence electrons. The first-order chi connectivity index (χ1) is 12.9. The molecule has 1 aromatic carbocycles. The molecule has 7 heteroatoms. The van der Waals surface area contributed by atoms with Gasteiger partial charge in [0.05, 0.1) is 13.2 Å². The number of aromatic nitrogens is 2. The van der Waals surface area contributed by atoms with Crippen LogP contribution in [-0.4, -0.2) is 28.6 Å². The third-order valence-electron chi connectivity index (χ3n) is 5.01. The average molecular weight is 369 g/mol. The highest BCUT2D eigenvalue weighted by Crippen LogP contribution is 2.41. The second kappa shape index (κ2) is 6.40. The summed E-state index contributed by atoms with van der Waals surface area (Å²) < 4.78 is 11.3. The van der Waals surface area contributed by atoms with Crippen molar-refractivity contribution in [3.05, 3.63) is 51.7 Å². The summed E-state index contributed by atoms with van der Waals surface area (Å²) in [6.07, 6.45) is 4.01. The second-order valence-corrected chi connectivity index (χ2v) is 7.78. The number of aromatic amines is 1. The van der Waals surface area contributed by atoms with Gasteiger partial charge >= 0.3 is 0 Å². The predicted molar refractivity (Wildman–Crippen MR) is 99.4 cm³/mol. The van der Waals surface area contributed by atoms with Gasteiger partial charge in [0, 0.05) is 24.1 Å². The zero-order chi connectivity index (χ0) is 19.2. The largest absolute Gasteiger partial charge is 0.497 e. The standard InChI is InChI=1S/C20H23N3O4/c1-20(2)9-15(13-8-12(26-3)6-7-16(13)27-20)22-18(24)14-10-21-17(11-4-5-11)23-19(14)25/h6-8,10-11,15H,4-5,9H2,1-3H3,(H,22,24)(H,21,23,25)/t15-/m1/s1. The summed E-state index contributed by atoms with van der Waals surface area (Å²) >= 11 is 0. The molecule has 0 spiro atoms. The molecule has 2 heterocycles. The van der Waals surface area contributed by atoms with Crippen LogP contribution in [0.3, 0.4) is 0 Å². The molecule has 0 saturated heterocycles. The number of amides is 1. The van der Waals surface area contributed by atoms with E-state index >= 15 is 0 Å². The van der Waals surface area contributed by atoms with Crippen molar-refractivity contribution in [2.45, 2.75) is 50.7 Å². The first kappa shape index (κ1) is 17.6. The van der Waals surface area contributed by atoms with E-state index in [0.717, 1.165) is 18.4 Å². The van der Waals surface area contributed by atoms with Gasteiger partial charge in [0.15, 0.2) is 0 Å². The highest BCUT2D eigenvalue weighted by Gasteiger charge is 2.35. The number of ether oxygens (including phenoxy) is 2. The molecule has 1 amide bonds. The normalized spacial score (nSPS) is 20.3. The maximum atomic E-state index is 12.8. The summed E-state index contributed by atoms with van der Waals surface area (Å²) in [5, 5.41) is 2.97. The van der Waals surface area contributed by atoms with E-state index in [4.69, 9.17) is 9.47 Å². The maximum absolute atomic E-state index is 12.8. The minimum absolute atomic E-state index is 0.0214. The number of rotatable bonds is 4. The van der Waals surface area contributed by atoms with Crippen LogP contribution < -0.4 is 20.3 Å². The number of carbonyl (C=O) groups excluding carboxylic acids is 1. The van der Waals surface area contributed by atoms with E-state index in [1.807, 2.05) is 32.0 Å². The molecule has 27 heavy (non-hydrogen) atoms. The number of nitrogens with zero attached hydrogens (tertiary/aromatic N) is 1. The van der Waals surface area contributed by atoms with E-state index < -0.39 is 17.1 Å². The van der Waals surface area contributed by atoms with Crippen molar-refractivity contribution >= 4 is 5.91 Å². The number of fused-ring (bicyclic) bond motifs is 1. The van der Waals surface area contributed by atoms with Gasteiger partial charge < -0.3 is 19.8 Å². The quantitative estimate of drug-likeness (QED) is 0.864. The maximum Gasteiger partial charge on any atom is 0.263 e. The number of carbonyl (C=O) groups is 1. The Kier molecular flexibility index (Phi) is 4.17. The van der Waals surface area contributed by atoms with Gasteiger partial charge in [-0.2, -0.15) is 0 Å². The minimum atomic E-state index is -0.444. The van der Waals surface area contributed by atoms with Gasteiger partial charge in [0.1, 0.15) is 28.5 Å². The third kappa shape index (κ3) is 3.54. The van der Waals surface area contributed by atoms with Crippen molar-refractivity contribution in [1.29, 1.82) is 0 Å². The SMILES string of the molecule is COc1ccc2c(c1)[C@H](NC(=O)c1cnc(C3CC3)[nH]c1=O)CC(C)(C)O2. The van der Waals surface area contributed by atoms with Crippen LogP contribution in [0, 0.1) is 0 Å². The van der Waals surface area contributed by atoms with Crippen LogP contribution in [0.15, 0.2) is 29.2 Å². The predicted octanol–water partition coefficient (Wildman–Crippen LogP) is 2.69. The summed E-state index contributed by atoms with van der Waals surface area (Å²) in [7, 11) is 1.59. The first-order valence-corrected chi connectivity index (χ1v) is 9.13. The lowest BCUT2D eigenvalue weighted by Gasteiger charge is -2.38. The van der Waals surface area contributed by atoms with Crippen LogP contribution in [0.5, 0.6) is 11.5 Å². The lowest BCUT2D eigenvalue weighted by atomic mass is 9.89. The zero-order valence-electron chi connectivity index (χ0n) is 15.7. The van der Waals surface area contributed by atoms with Gasteiger partial charge in [0.2, 0.25) is 0 Å². The van der Waals surface area contributed by atoms with Gasteiger partial charge in [0.25, 0.3) is 11.5 Å². The molecular weight excluding hydrogens is 346 g/mol. The number of H-pyrrole nitrogens is 1. The number of benzene rings is 1. The fourth-order valence-corrected chi connectivity index (χ4v) is 3.46. The van der Waals surface area contributed by atoms with Crippen molar-refractivity contribution in [2.75, 3.05) is 7.11 Å². The Morgan fingerprint density at radius 1 is 1.37 bits per heavy atom. The Morgan fingerprint density at radius 3 is 2.81 bits per heavy atom. The lowest BCUT2D eigenvalue weighted by molar-refractivity contribution is 0.0617. The molecule has 2 aromatic rings. The van der Waals surface area contributed by atoms with Crippen LogP contribution in [0.4, 0.5) is 0 Å². The van der Waals surface area contributed by atoms with E-state index in [1.165, 1.54) is 6.20 Å². The Hall–Kier alpha value is -2.83. The highest BCUT2D eigenvalue weighted by molar-refractivity contribution is 5.93. The van der Waals surface area contributed by atoms with Crippen molar-refractivity contribution < 1.29 is 14.3 Å². The van der Waals surface area contributed by atoms with Crippen molar-refractivity contribution in [3.63, 3.8) is 0 Å². The van der Waals surface area contributed by atoms with Crippen LogP contribution >= 0.6 is 0 Å². The molecule has 1 aliphatic carbocycles. The smallest absolute Gasteiger partial charge is 0.263 e. The summed E-state index contributed by atoms with van der Waals surface area (Å²) in [5.74, 6) is 1.94. The molecule has 0 bridgehead atoms. The van der Waals surface area contributed by atoms with E-state index in [1.54, 1.807) is 7.11 Å². The van der Waals surface area contributed by atoms with E-state index in [2.05, 4.69) is 15.3 Å². The Balaban J connectivity index is 1.61. The number of methoxy groups -OCH3 is 1. The van der Waals surface area contributed by atoms with Gasteiger partial charge in [-0.1, -0.05) is 0 Å². The van der Waals surface area contributed by atoms with Gasteiger partial charge in [-0.3, -0.25) is 9.59 Å². The van der Waals surface area contributed by atoms with Gasteiger partial charge in [-0.05, 0) is 44.9 Å². The molecule has 1 aliphatic heterocycles. The number of hydrogen-bond acceptors (Lipinski definition) is 5. The summed E-state index contributed by atoms with van der Waals surface area (Å²) in [4.78, 5) is 32.1. The van der Waals surface area contributed by atoms with Crippen molar-refractivity contribution in [2.24, 2.45) is 0 Å². The molecule has 1 saturated carbocycles. The van der Waals surface area contributed by atoms with E-state index in [0.29, 0.717) is 29.7 Å². The van der Waals surface area contributed by atoms with Gasteiger partial charge in [-0.15, -0.1) is 0 Å². The minimum Gasteiger partial charge on any atom is -0.497 e. The topological polar surface area (TPSA) is 93.3 Å². The summed E-state index contributed by atoms with van der Waals surface area (Å²) in [6, 6.07) is 5.22. The molecule has 7 nitrogen and oxygen atoms in total. The second-order valence-electron chi connectivity index (χ2n) is 7.78. The van der Waals surface area contributed by atoms with Crippen LogP contribution in [0.1, 0.15) is 66.8 Å². The molecule has 1 atom stereocenters. The lowest BCUT2D eigenvalue weighted by Crippen LogP contribution is -2.42. The van der Waals surface area contributed by atoms with Crippen molar-refractivity contribution in [1.82, 2.24) is 15.3 Å². The molecule has 0 unspecified atom stereocenters. The first-order valence-electron chi connectivity index (χ1n) is 9.13. The van der Waals surface area contributed by atoms with E-state index in [-0.39, 0.29) is 11.6 Å². The Bertz CT molecular complexity index is 946. The summed E-state index contributed by atoms with van der Waals surface area (Å²) in [5.41, 5.74) is 0.00998.